The standard InChI is InChI=1S/C21H19ClN2O5S/c1-27-16-9-4-13(18(11-16)28-2)10-17-20(26)24(15-7-5-14(22)6-8-15)21(30)23(17)12-19(25)29-3/h4-11H,12H2,1-3H3. The Hall–Kier alpha value is -3.10. The van der Waals surface area contributed by atoms with Gasteiger partial charge in [-0.25, -0.2) is 0 Å². The molecule has 1 aliphatic rings. The van der Waals surface area contributed by atoms with Gasteiger partial charge < -0.3 is 19.1 Å². The molecule has 1 heterocycles. The molecule has 0 unspecified atom stereocenters. The first-order chi connectivity index (χ1) is 14.4. The van der Waals surface area contributed by atoms with Crippen LogP contribution in [0.4, 0.5) is 5.69 Å². The van der Waals surface area contributed by atoms with E-state index < -0.39 is 5.97 Å². The van der Waals surface area contributed by atoms with Gasteiger partial charge in [-0.2, -0.15) is 0 Å². The first-order valence-corrected chi connectivity index (χ1v) is 9.60. The van der Waals surface area contributed by atoms with Gasteiger partial charge in [0.15, 0.2) is 5.11 Å². The molecular formula is C21H19ClN2O5S. The van der Waals surface area contributed by atoms with E-state index >= 15 is 0 Å². The van der Waals surface area contributed by atoms with Crippen LogP contribution in [0.1, 0.15) is 5.56 Å². The number of methoxy groups -OCH3 is 3. The summed E-state index contributed by atoms with van der Waals surface area (Å²) in [5, 5.41) is 0.688. The Morgan fingerprint density at radius 3 is 2.40 bits per heavy atom. The summed E-state index contributed by atoms with van der Waals surface area (Å²) in [6.45, 7) is -0.213. The molecule has 0 aliphatic carbocycles. The lowest BCUT2D eigenvalue weighted by atomic mass is 10.1. The summed E-state index contributed by atoms with van der Waals surface area (Å²) in [7, 11) is 4.34. The summed E-state index contributed by atoms with van der Waals surface area (Å²) in [6, 6.07) is 11.9. The number of hydrogen-bond donors (Lipinski definition) is 0. The van der Waals surface area contributed by atoms with Crippen molar-refractivity contribution >= 4 is 52.6 Å². The van der Waals surface area contributed by atoms with Crippen molar-refractivity contribution in [2.24, 2.45) is 0 Å². The van der Waals surface area contributed by atoms with Crippen LogP contribution in [-0.4, -0.2) is 49.8 Å². The molecule has 3 rings (SSSR count). The van der Waals surface area contributed by atoms with E-state index in [1.54, 1.807) is 55.7 Å². The summed E-state index contributed by atoms with van der Waals surface area (Å²) in [5.41, 5.74) is 1.37. The highest BCUT2D eigenvalue weighted by molar-refractivity contribution is 7.80. The van der Waals surface area contributed by atoms with Gasteiger partial charge in [0, 0.05) is 16.7 Å². The maximum Gasteiger partial charge on any atom is 0.325 e. The molecule has 2 aromatic rings. The van der Waals surface area contributed by atoms with Gasteiger partial charge in [-0.15, -0.1) is 0 Å². The van der Waals surface area contributed by atoms with Crippen LogP contribution in [-0.2, 0) is 14.3 Å². The Bertz CT molecular complexity index is 1020. The number of amides is 1. The molecule has 0 spiro atoms. The van der Waals surface area contributed by atoms with Crippen molar-refractivity contribution in [2.45, 2.75) is 0 Å². The van der Waals surface area contributed by atoms with Gasteiger partial charge in [0.25, 0.3) is 5.91 Å². The van der Waals surface area contributed by atoms with Crippen molar-refractivity contribution in [2.75, 3.05) is 32.8 Å². The van der Waals surface area contributed by atoms with Gasteiger partial charge in [-0.1, -0.05) is 11.6 Å². The lowest BCUT2D eigenvalue weighted by Gasteiger charge is -2.19. The van der Waals surface area contributed by atoms with Crippen LogP contribution in [0.2, 0.25) is 5.02 Å². The van der Waals surface area contributed by atoms with Crippen LogP contribution in [0, 0.1) is 0 Å². The van der Waals surface area contributed by atoms with Crippen molar-refractivity contribution in [3.8, 4) is 11.5 Å². The Kier molecular flexibility index (Phi) is 6.59. The molecule has 1 amide bonds. The van der Waals surface area contributed by atoms with E-state index in [9.17, 15) is 9.59 Å². The number of nitrogens with zero attached hydrogens (tertiary/aromatic N) is 2. The average molecular weight is 447 g/mol. The monoisotopic (exact) mass is 446 g/mol. The number of ether oxygens (including phenoxy) is 3. The van der Waals surface area contributed by atoms with Crippen molar-refractivity contribution in [1.29, 1.82) is 0 Å². The zero-order valence-corrected chi connectivity index (χ0v) is 18.1. The van der Waals surface area contributed by atoms with Crippen LogP contribution in [0.5, 0.6) is 11.5 Å². The molecule has 7 nitrogen and oxygen atoms in total. The second-order valence-electron chi connectivity index (χ2n) is 6.20. The number of carbonyl (C=O) groups excluding carboxylic acids is 2. The number of thiocarbonyl (C=S) groups is 1. The summed E-state index contributed by atoms with van der Waals surface area (Å²) in [6.07, 6.45) is 1.62. The second kappa shape index (κ2) is 9.15. The topological polar surface area (TPSA) is 68.3 Å². The number of rotatable bonds is 6. The molecule has 1 aliphatic heterocycles. The molecule has 0 radical (unpaired) electrons. The van der Waals surface area contributed by atoms with Crippen molar-refractivity contribution in [3.05, 3.63) is 58.7 Å². The number of benzene rings is 2. The van der Waals surface area contributed by atoms with E-state index in [0.29, 0.717) is 27.8 Å². The molecule has 2 aromatic carbocycles. The number of hydrogen-bond acceptors (Lipinski definition) is 6. The predicted octanol–water partition coefficient (Wildman–Crippen LogP) is 3.50. The Morgan fingerprint density at radius 1 is 1.10 bits per heavy atom. The van der Waals surface area contributed by atoms with Gasteiger partial charge in [0.05, 0.1) is 27.0 Å². The quantitative estimate of drug-likeness (QED) is 0.382. The predicted molar refractivity (Wildman–Crippen MR) is 118 cm³/mol. The minimum atomic E-state index is -0.532. The first-order valence-electron chi connectivity index (χ1n) is 8.81. The normalized spacial score (nSPS) is 15.0. The van der Waals surface area contributed by atoms with E-state index in [4.69, 9.17) is 38.0 Å². The maximum atomic E-state index is 13.3. The lowest BCUT2D eigenvalue weighted by Crippen LogP contribution is -2.35. The van der Waals surface area contributed by atoms with Gasteiger partial charge >= 0.3 is 5.97 Å². The largest absolute Gasteiger partial charge is 0.497 e. The molecule has 0 aromatic heterocycles. The molecule has 0 atom stereocenters. The minimum Gasteiger partial charge on any atom is -0.497 e. The number of halogens is 1. The fourth-order valence-corrected chi connectivity index (χ4v) is 3.41. The van der Waals surface area contributed by atoms with Gasteiger partial charge in [-0.3, -0.25) is 14.5 Å². The average Bonchev–Trinajstić information content (AvgIpc) is 2.98. The second-order valence-corrected chi connectivity index (χ2v) is 7.00. The van der Waals surface area contributed by atoms with E-state index in [0.717, 1.165) is 0 Å². The van der Waals surface area contributed by atoms with Gasteiger partial charge in [0.1, 0.15) is 23.7 Å². The fraction of sp³-hybridized carbons (Fsp3) is 0.190. The molecule has 1 fully saturated rings. The first kappa shape index (κ1) is 21.6. The molecule has 9 heteroatoms. The van der Waals surface area contributed by atoms with Crippen LogP contribution < -0.4 is 14.4 Å². The van der Waals surface area contributed by atoms with E-state index in [1.807, 2.05) is 0 Å². The third-order valence-corrected chi connectivity index (χ3v) is 5.12. The highest BCUT2D eigenvalue weighted by Gasteiger charge is 2.40. The summed E-state index contributed by atoms with van der Waals surface area (Å²) >= 11 is 11.5. The highest BCUT2D eigenvalue weighted by Crippen LogP contribution is 2.32. The maximum absolute atomic E-state index is 13.3. The van der Waals surface area contributed by atoms with Gasteiger partial charge in [-0.05, 0) is 54.7 Å². The third kappa shape index (κ3) is 4.24. The van der Waals surface area contributed by atoms with Crippen molar-refractivity contribution in [3.63, 3.8) is 0 Å². The summed E-state index contributed by atoms with van der Waals surface area (Å²) < 4.78 is 15.4. The van der Waals surface area contributed by atoms with Crippen LogP contribution in [0.15, 0.2) is 48.2 Å². The highest BCUT2D eigenvalue weighted by atomic mass is 35.5. The molecule has 0 N–H and O–H groups in total. The van der Waals surface area contributed by atoms with Crippen LogP contribution in [0.3, 0.4) is 0 Å². The van der Waals surface area contributed by atoms with Crippen molar-refractivity contribution < 1.29 is 23.8 Å². The minimum absolute atomic E-state index is 0.159. The smallest absolute Gasteiger partial charge is 0.325 e. The van der Waals surface area contributed by atoms with Crippen molar-refractivity contribution in [1.82, 2.24) is 4.90 Å². The Morgan fingerprint density at radius 2 is 1.80 bits per heavy atom. The zero-order chi connectivity index (χ0) is 21.8. The SMILES string of the molecule is COC(=O)CN1C(=S)N(c2ccc(Cl)cc2)C(=O)C1=Cc1ccc(OC)cc1OC. The van der Waals surface area contributed by atoms with Gasteiger partial charge in [0.2, 0.25) is 0 Å². The summed E-state index contributed by atoms with van der Waals surface area (Å²) in [4.78, 5) is 28.0. The summed E-state index contributed by atoms with van der Waals surface area (Å²) in [5.74, 6) is 0.194. The van der Waals surface area contributed by atoms with E-state index in [1.165, 1.54) is 24.0 Å². The van der Waals surface area contributed by atoms with Crippen LogP contribution >= 0.6 is 23.8 Å². The molecule has 0 saturated carbocycles. The Labute approximate surface area is 184 Å². The number of esters is 1. The zero-order valence-electron chi connectivity index (χ0n) is 16.5. The van der Waals surface area contributed by atoms with E-state index in [-0.39, 0.29) is 23.3 Å². The molecule has 156 valence electrons. The molecular weight excluding hydrogens is 428 g/mol. The molecule has 0 bridgehead atoms. The van der Waals surface area contributed by atoms with Crippen LogP contribution in [0.25, 0.3) is 6.08 Å². The lowest BCUT2D eigenvalue weighted by molar-refractivity contribution is -0.140. The number of anilines is 1. The molecule has 30 heavy (non-hydrogen) atoms. The Balaban J connectivity index is 2.08. The molecule has 1 saturated heterocycles. The third-order valence-electron chi connectivity index (χ3n) is 4.47. The fourth-order valence-electron chi connectivity index (χ4n) is 2.93. The number of carbonyl (C=O) groups is 2. The van der Waals surface area contributed by atoms with E-state index in [2.05, 4.69) is 0 Å².